The van der Waals surface area contributed by atoms with Gasteiger partial charge in [0, 0.05) is 24.7 Å². The van der Waals surface area contributed by atoms with Gasteiger partial charge in [0.05, 0.1) is 13.2 Å². The fourth-order valence-electron chi connectivity index (χ4n) is 1.86. The molecule has 2 rings (SSSR count). The van der Waals surface area contributed by atoms with Crippen LogP contribution in [0.3, 0.4) is 0 Å². The van der Waals surface area contributed by atoms with Gasteiger partial charge in [-0.15, -0.1) is 35.3 Å². The van der Waals surface area contributed by atoms with Crippen molar-refractivity contribution in [3.63, 3.8) is 0 Å². The molecule has 0 radical (unpaired) electrons. The van der Waals surface area contributed by atoms with E-state index in [1.165, 1.54) is 17.0 Å². The van der Waals surface area contributed by atoms with Crippen molar-refractivity contribution < 1.29 is 9.13 Å². The molecule has 0 spiro atoms. The first-order valence-corrected chi connectivity index (χ1v) is 8.23. The summed E-state index contributed by atoms with van der Waals surface area (Å²) >= 11 is 1.67. The zero-order valence-electron chi connectivity index (χ0n) is 13.7. The molecule has 0 unspecified atom stereocenters. The van der Waals surface area contributed by atoms with Crippen LogP contribution in [0.25, 0.3) is 0 Å². The smallest absolute Gasteiger partial charge is 0.191 e. The molecule has 132 valence electrons. The van der Waals surface area contributed by atoms with E-state index in [1.807, 2.05) is 13.1 Å². The second kappa shape index (κ2) is 11.2. The Labute approximate surface area is 162 Å². The van der Waals surface area contributed by atoms with Crippen LogP contribution in [-0.4, -0.2) is 31.1 Å². The number of guanidine groups is 1. The molecule has 0 atom stereocenters. The largest absolute Gasteiger partial charge is 0.494 e. The lowest BCUT2D eigenvalue weighted by Gasteiger charge is -2.11. The van der Waals surface area contributed by atoms with Crippen molar-refractivity contribution in [2.45, 2.75) is 19.9 Å². The summed E-state index contributed by atoms with van der Waals surface area (Å²) in [6, 6.07) is 6.03. The number of hydrogen-bond donors (Lipinski definition) is 2. The summed E-state index contributed by atoms with van der Waals surface area (Å²) < 4.78 is 18.3. The maximum Gasteiger partial charge on any atom is 0.191 e. The number of halogens is 2. The minimum atomic E-state index is -0.260. The zero-order valence-corrected chi connectivity index (χ0v) is 16.9. The van der Waals surface area contributed by atoms with Crippen LogP contribution in [0.15, 0.2) is 35.5 Å². The quantitative estimate of drug-likeness (QED) is 0.286. The van der Waals surface area contributed by atoms with Crippen molar-refractivity contribution in [1.82, 2.24) is 15.6 Å². The van der Waals surface area contributed by atoms with Crippen molar-refractivity contribution in [2.75, 3.05) is 20.2 Å². The molecule has 0 bridgehead atoms. The molecule has 5 nitrogen and oxygen atoms in total. The molecule has 0 fully saturated rings. The minimum Gasteiger partial charge on any atom is -0.494 e. The number of hydrogen-bond acceptors (Lipinski definition) is 4. The lowest BCUT2D eigenvalue weighted by molar-refractivity contribution is 0.310. The van der Waals surface area contributed by atoms with E-state index in [-0.39, 0.29) is 29.8 Å². The van der Waals surface area contributed by atoms with Gasteiger partial charge in [0.1, 0.15) is 16.6 Å². The Morgan fingerprint density at radius 1 is 1.29 bits per heavy atom. The number of rotatable bonds is 7. The minimum absolute atomic E-state index is 0. The van der Waals surface area contributed by atoms with Crippen LogP contribution in [-0.2, 0) is 6.54 Å². The fraction of sp³-hybridized carbons (Fsp3) is 0.375. The molecule has 1 aromatic carbocycles. The van der Waals surface area contributed by atoms with Crippen molar-refractivity contribution in [2.24, 2.45) is 4.99 Å². The number of aliphatic imine (C=N–C) groups is 1. The number of benzene rings is 1. The van der Waals surface area contributed by atoms with Crippen molar-refractivity contribution in [3.8, 4) is 5.75 Å². The maximum absolute atomic E-state index is 12.8. The van der Waals surface area contributed by atoms with Crippen LogP contribution in [0.1, 0.15) is 16.3 Å². The first kappa shape index (κ1) is 20.6. The molecule has 0 saturated heterocycles. The predicted molar refractivity (Wildman–Crippen MR) is 107 cm³/mol. The molecule has 0 aliphatic heterocycles. The second-order valence-corrected chi connectivity index (χ2v) is 6.19. The van der Waals surface area contributed by atoms with E-state index in [2.05, 4.69) is 20.6 Å². The molecule has 2 aromatic rings. The van der Waals surface area contributed by atoms with Crippen LogP contribution in [0.2, 0.25) is 0 Å². The number of ether oxygens (including phenoxy) is 1. The molecule has 2 N–H and O–H groups in total. The fourth-order valence-corrected chi connectivity index (χ4v) is 2.59. The molecule has 0 aliphatic carbocycles. The highest BCUT2D eigenvalue weighted by molar-refractivity contribution is 14.0. The zero-order chi connectivity index (χ0) is 16.5. The van der Waals surface area contributed by atoms with Gasteiger partial charge in [0.2, 0.25) is 0 Å². The molecular weight excluding hydrogens is 442 g/mol. The molecule has 0 saturated carbocycles. The van der Waals surface area contributed by atoms with Crippen LogP contribution in [0.5, 0.6) is 5.75 Å². The molecule has 0 amide bonds. The number of aryl methyl sites for hydroxylation is 1. The second-order valence-electron chi connectivity index (χ2n) is 4.87. The Morgan fingerprint density at radius 2 is 2.04 bits per heavy atom. The lowest BCUT2D eigenvalue weighted by atomic mass is 10.3. The Kier molecular flexibility index (Phi) is 9.62. The lowest BCUT2D eigenvalue weighted by Crippen LogP contribution is -2.37. The molecule has 0 aliphatic rings. The van der Waals surface area contributed by atoms with Crippen molar-refractivity contribution in [3.05, 3.63) is 46.2 Å². The van der Waals surface area contributed by atoms with Crippen LogP contribution < -0.4 is 15.4 Å². The summed E-state index contributed by atoms with van der Waals surface area (Å²) in [5, 5.41) is 7.47. The van der Waals surface area contributed by atoms with E-state index in [1.54, 1.807) is 30.5 Å². The van der Waals surface area contributed by atoms with Gasteiger partial charge in [-0.2, -0.15) is 0 Å². The molecule has 8 heteroatoms. The molecule has 1 aromatic heterocycles. The Balaban J connectivity index is 0.00000288. The Morgan fingerprint density at radius 3 is 2.67 bits per heavy atom. The number of thiazole rings is 1. The highest BCUT2D eigenvalue weighted by Crippen LogP contribution is 2.11. The third-order valence-electron chi connectivity index (χ3n) is 3.00. The topological polar surface area (TPSA) is 58.5 Å². The van der Waals surface area contributed by atoms with Gasteiger partial charge < -0.3 is 15.4 Å². The number of aromatic nitrogens is 1. The van der Waals surface area contributed by atoms with Gasteiger partial charge >= 0.3 is 0 Å². The summed E-state index contributed by atoms with van der Waals surface area (Å²) in [5.74, 6) is 1.15. The van der Waals surface area contributed by atoms with Crippen LogP contribution in [0.4, 0.5) is 4.39 Å². The van der Waals surface area contributed by atoms with Gasteiger partial charge in [0.25, 0.3) is 0 Å². The van der Waals surface area contributed by atoms with Gasteiger partial charge in [-0.05, 0) is 37.6 Å². The average Bonchev–Trinajstić information content (AvgIpc) is 2.97. The molecular formula is C16H22FIN4OS. The van der Waals surface area contributed by atoms with Crippen molar-refractivity contribution >= 4 is 41.3 Å². The van der Waals surface area contributed by atoms with Gasteiger partial charge in [0.15, 0.2) is 5.96 Å². The van der Waals surface area contributed by atoms with Crippen LogP contribution >= 0.6 is 35.3 Å². The van der Waals surface area contributed by atoms with Gasteiger partial charge in [-0.1, -0.05) is 0 Å². The maximum atomic E-state index is 12.8. The predicted octanol–water partition coefficient (Wildman–Crippen LogP) is 3.34. The summed E-state index contributed by atoms with van der Waals surface area (Å²) in [4.78, 5) is 9.66. The Hall–Kier alpha value is -1.42. The van der Waals surface area contributed by atoms with E-state index < -0.39 is 0 Å². The number of nitrogens with one attached hydrogen (secondary N) is 2. The summed E-state index contributed by atoms with van der Waals surface area (Å²) in [5.41, 5.74) is 0. The number of nitrogens with zero attached hydrogens (tertiary/aromatic N) is 2. The first-order valence-electron chi connectivity index (χ1n) is 7.41. The monoisotopic (exact) mass is 464 g/mol. The van der Waals surface area contributed by atoms with E-state index >= 15 is 0 Å². The summed E-state index contributed by atoms with van der Waals surface area (Å²) in [7, 11) is 1.73. The highest BCUT2D eigenvalue weighted by Gasteiger charge is 2.01. The molecule has 1 heterocycles. The first-order chi connectivity index (χ1) is 11.2. The average molecular weight is 464 g/mol. The third kappa shape index (κ3) is 7.43. The third-order valence-corrected chi connectivity index (χ3v) is 3.91. The van der Waals surface area contributed by atoms with Gasteiger partial charge in [-0.25, -0.2) is 9.37 Å². The van der Waals surface area contributed by atoms with Crippen molar-refractivity contribution in [1.29, 1.82) is 0 Å². The van der Waals surface area contributed by atoms with E-state index in [0.29, 0.717) is 18.9 Å². The van der Waals surface area contributed by atoms with E-state index in [9.17, 15) is 4.39 Å². The molecule has 24 heavy (non-hydrogen) atoms. The van der Waals surface area contributed by atoms with Gasteiger partial charge in [-0.3, -0.25) is 4.99 Å². The summed E-state index contributed by atoms with van der Waals surface area (Å²) in [6.45, 7) is 3.98. The van der Waals surface area contributed by atoms with E-state index in [4.69, 9.17) is 4.74 Å². The standard InChI is InChI=1S/C16H21FN4OS.HI/c1-12-10-20-15(23-12)11-21-16(18-2)19-8-3-9-22-14-6-4-13(17)5-7-14;/h4-7,10H,3,8-9,11H2,1-2H3,(H2,18,19,21);1H. The SMILES string of the molecule is CN=C(NCCCOc1ccc(F)cc1)NCc1ncc(C)s1.I. The van der Waals surface area contributed by atoms with E-state index in [0.717, 1.165) is 23.9 Å². The normalized spacial score (nSPS) is 10.9. The Bertz CT molecular complexity index is 633. The summed E-state index contributed by atoms with van der Waals surface area (Å²) in [6.07, 6.45) is 2.68. The highest BCUT2D eigenvalue weighted by atomic mass is 127. The van der Waals surface area contributed by atoms with Crippen LogP contribution in [0, 0.1) is 12.7 Å².